The number of hydrogen-bond acceptors (Lipinski definition) is 6. The Hall–Kier alpha value is -2.16. The summed E-state index contributed by atoms with van der Waals surface area (Å²) in [5.41, 5.74) is 6.74. The van der Waals surface area contributed by atoms with E-state index in [9.17, 15) is 9.59 Å². The van der Waals surface area contributed by atoms with E-state index in [2.05, 4.69) is 22.3 Å². The van der Waals surface area contributed by atoms with Gasteiger partial charge in [-0.3, -0.25) is 14.5 Å². The van der Waals surface area contributed by atoms with Gasteiger partial charge in [-0.15, -0.1) is 0 Å². The highest BCUT2D eigenvalue weighted by molar-refractivity contribution is 5.87. The molecule has 0 bridgehead atoms. The zero-order valence-electron chi connectivity index (χ0n) is 18.7. The molecule has 2 aliphatic heterocycles. The lowest BCUT2D eigenvalue weighted by Gasteiger charge is -2.43. The minimum atomic E-state index is -0.467. The second-order valence-corrected chi connectivity index (χ2v) is 8.40. The molecule has 2 fully saturated rings. The minimum absolute atomic E-state index is 0.0628. The number of benzene rings is 1. The highest BCUT2D eigenvalue weighted by Crippen LogP contribution is 2.26. The lowest BCUT2D eigenvalue weighted by atomic mass is 9.94. The maximum Gasteiger partial charge on any atom is 0.242 e. The van der Waals surface area contributed by atoms with Crippen molar-refractivity contribution in [3.63, 3.8) is 0 Å². The molecule has 172 valence electrons. The van der Waals surface area contributed by atoms with E-state index >= 15 is 0 Å². The van der Waals surface area contributed by atoms with Crippen LogP contribution in [0.15, 0.2) is 24.3 Å². The molecule has 0 aromatic heterocycles. The van der Waals surface area contributed by atoms with Crippen molar-refractivity contribution >= 4 is 11.8 Å². The van der Waals surface area contributed by atoms with E-state index in [4.69, 9.17) is 15.2 Å². The van der Waals surface area contributed by atoms with Crippen molar-refractivity contribution in [1.29, 1.82) is 0 Å². The molecule has 0 spiro atoms. The number of carbonyl (C=O) groups is 2. The molecule has 1 aromatic carbocycles. The van der Waals surface area contributed by atoms with Crippen LogP contribution in [0.25, 0.3) is 0 Å². The predicted molar refractivity (Wildman–Crippen MR) is 119 cm³/mol. The number of nitrogens with one attached hydrogen (secondary N) is 1. The van der Waals surface area contributed by atoms with Gasteiger partial charge in [0.2, 0.25) is 11.8 Å². The van der Waals surface area contributed by atoms with Crippen molar-refractivity contribution in [2.24, 2.45) is 5.73 Å². The summed E-state index contributed by atoms with van der Waals surface area (Å²) in [7, 11) is 1.66. The van der Waals surface area contributed by atoms with Crippen LogP contribution in [-0.2, 0) is 20.9 Å². The normalized spacial score (nSPS) is 23.7. The molecule has 2 saturated heterocycles. The highest BCUT2D eigenvalue weighted by Gasteiger charge is 2.37. The summed E-state index contributed by atoms with van der Waals surface area (Å²) in [6, 6.07) is 7.83. The van der Waals surface area contributed by atoms with Gasteiger partial charge in [0.25, 0.3) is 0 Å². The van der Waals surface area contributed by atoms with Gasteiger partial charge in [0.15, 0.2) is 0 Å². The van der Waals surface area contributed by atoms with Crippen LogP contribution in [0, 0.1) is 0 Å². The number of methoxy groups -OCH3 is 1. The molecule has 31 heavy (non-hydrogen) atoms. The van der Waals surface area contributed by atoms with Gasteiger partial charge in [-0.25, -0.2) is 0 Å². The van der Waals surface area contributed by atoms with Crippen molar-refractivity contribution in [3.8, 4) is 5.75 Å². The van der Waals surface area contributed by atoms with Gasteiger partial charge < -0.3 is 25.4 Å². The second kappa shape index (κ2) is 11.5. The van der Waals surface area contributed by atoms with Crippen LogP contribution in [0.5, 0.6) is 5.75 Å². The van der Waals surface area contributed by atoms with E-state index in [-0.39, 0.29) is 24.0 Å². The fraction of sp³-hybridized carbons (Fsp3) is 0.652. The average molecular weight is 433 g/mol. The Morgan fingerprint density at radius 3 is 2.68 bits per heavy atom. The van der Waals surface area contributed by atoms with Crippen LogP contribution in [0.3, 0.4) is 0 Å². The average Bonchev–Trinajstić information content (AvgIpc) is 3.30. The molecular formula is C23H36N4O4. The number of amides is 2. The van der Waals surface area contributed by atoms with Crippen molar-refractivity contribution in [1.82, 2.24) is 15.1 Å². The van der Waals surface area contributed by atoms with E-state index in [0.717, 1.165) is 44.7 Å². The third-order valence-electron chi connectivity index (χ3n) is 6.25. The highest BCUT2D eigenvalue weighted by atomic mass is 16.5. The summed E-state index contributed by atoms with van der Waals surface area (Å²) in [5.74, 6) is 0.653. The standard InChI is InChI=1S/C23H36N4O4/c1-17(28)27-12-9-19(14-22(27)23(29)25-11-10-24)26(16-21-4-3-13-31-21)15-18-5-7-20(30-2)8-6-18/h5-8,19,21-22H,3-4,9-16,24H2,1-2H3,(H,25,29)/t19?,21?,22-/m1/s1. The molecule has 3 N–H and O–H groups in total. The maximum absolute atomic E-state index is 12.8. The number of piperidine rings is 1. The Labute approximate surface area is 185 Å². The Morgan fingerprint density at radius 1 is 1.29 bits per heavy atom. The molecule has 8 nitrogen and oxygen atoms in total. The molecule has 0 aliphatic carbocycles. The second-order valence-electron chi connectivity index (χ2n) is 8.40. The number of nitrogens with two attached hydrogens (primary N) is 1. The number of rotatable bonds is 9. The molecule has 2 unspecified atom stereocenters. The number of nitrogens with zero attached hydrogens (tertiary/aromatic N) is 2. The van der Waals surface area contributed by atoms with Crippen molar-refractivity contribution in [2.45, 2.75) is 57.3 Å². The number of hydrogen-bond donors (Lipinski definition) is 2. The fourth-order valence-electron chi connectivity index (χ4n) is 4.58. The SMILES string of the molecule is COc1ccc(CN(CC2CCCO2)C2CCN(C(C)=O)[C@@H](C(=O)NCCN)C2)cc1. The molecule has 1 aromatic rings. The van der Waals surface area contributed by atoms with Crippen molar-refractivity contribution in [3.05, 3.63) is 29.8 Å². The summed E-state index contributed by atoms with van der Waals surface area (Å²) in [4.78, 5) is 29.1. The van der Waals surface area contributed by atoms with Crippen molar-refractivity contribution < 1.29 is 19.1 Å². The first-order valence-electron chi connectivity index (χ1n) is 11.3. The summed E-state index contributed by atoms with van der Waals surface area (Å²) >= 11 is 0. The molecular weight excluding hydrogens is 396 g/mol. The van der Waals surface area contributed by atoms with E-state index in [1.54, 1.807) is 12.0 Å². The fourth-order valence-corrected chi connectivity index (χ4v) is 4.58. The summed E-state index contributed by atoms with van der Waals surface area (Å²) in [6.45, 7) is 5.31. The topological polar surface area (TPSA) is 97.1 Å². The van der Waals surface area contributed by atoms with Gasteiger partial charge >= 0.3 is 0 Å². The zero-order chi connectivity index (χ0) is 22.2. The molecule has 8 heteroatoms. The van der Waals surface area contributed by atoms with Gasteiger partial charge in [0, 0.05) is 52.3 Å². The lowest BCUT2D eigenvalue weighted by molar-refractivity contribution is -0.142. The third kappa shape index (κ3) is 6.41. The predicted octanol–water partition coefficient (Wildman–Crippen LogP) is 1.13. The molecule has 2 amide bonds. The Morgan fingerprint density at radius 2 is 2.06 bits per heavy atom. The molecule has 3 rings (SSSR count). The third-order valence-corrected chi connectivity index (χ3v) is 6.25. The monoisotopic (exact) mass is 432 g/mol. The Bertz CT molecular complexity index is 721. The summed E-state index contributed by atoms with van der Waals surface area (Å²) in [5, 5.41) is 2.87. The quantitative estimate of drug-likeness (QED) is 0.607. The van der Waals surface area contributed by atoms with Crippen LogP contribution >= 0.6 is 0 Å². The van der Waals surface area contributed by atoms with E-state index in [1.807, 2.05) is 12.1 Å². The van der Waals surface area contributed by atoms with Crippen LogP contribution < -0.4 is 15.8 Å². The first kappa shape index (κ1) is 23.5. The van der Waals surface area contributed by atoms with Crippen LogP contribution in [0.1, 0.15) is 38.2 Å². The smallest absolute Gasteiger partial charge is 0.242 e. The number of ether oxygens (including phenoxy) is 2. The molecule has 0 saturated carbocycles. The molecule has 0 radical (unpaired) electrons. The van der Waals surface area contributed by atoms with Gasteiger partial charge in [-0.2, -0.15) is 0 Å². The van der Waals surface area contributed by atoms with Crippen LogP contribution in [-0.4, -0.2) is 79.7 Å². The van der Waals surface area contributed by atoms with Gasteiger partial charge in [0.05, 0.1) is 13.2 Å². The Kier molecular flexibility index (Phi) is 8.69. The number of likely N-dealkylation sites (tertiary alicyclic amines) is 1. The maximum atomic E-state index is 12.8. The largest absolute Gasteiger partial charge is 0.497 e. The lowest BCUT2D eigenvalue weighted by Crippen LogP contribution is -2.57. The minimum Gasteiger partial charge on any atom is -0.497 e. The van der Waals surface area contributed by atoms with Crippen molar-refractivity contribution in [2.75, 3.05) is 39.9 Å². The zero-order valence-corrected chi connectivity index (χ0v) is 18.7. The van der Waals surface area contributed by atoms with E-state index in [1.165, 1.54) is 12.5 Å². The molecule has 2 heterocycles. The van der Waals surface area contributed by atoms with Crippen LogP contribution in [0.4, 0.5) is 0 Å². The van der Waals surface area contributed by atoms with Gasteiger partial charge in [-0.1, -0.05) is 12.1 Å². The first-order valence-corrected chi connectivity index (χ1v) is 11.3. The van der Waals surface area contributed by atoms with Crippen LogP contribution in [0.2, 0.25) is 0 Å². The van der Waals surface area contributed by atoms with Gasteiger partial charge in [-0.05, 0) is 43.4 Å². The molecule has 2 aliphatic rings. The van der Waals surface area contributed by atoms with E-state index < -0.39 is 6.04 Å². The molecule has 3 atom stereocenters. The number of carbonyl (C=O) groups excluding carboxylic acids is 2. The first-order chi connectivity index (χ1) is 15.0. The Balaban J connectivity index is 1.75. The summed E-state index contributed by atoms with van der Waals surface area (Å²) in [6.07, 6.45) is 3.82. The van der Waals surface area contributed by atoms with Gasteiger partial charge in [0.1, 0.15) is 11.8 Å². The van der Waals surface area contributed by atoms with E-state index in [0.29, 0.717) is 26.1 Å². The summed E-state index contributed by atoms with van der Waals surface area (Å²) < 4.78 is 11.2.